The first-order chi connectivity index (χ1) is 14.3. The van der Waals surface area contributed by atoms with Crippen LogP contribution in [0.4, 0.5) is 5.82 Å². The molecule has 1 aliphatic heterocycles. The highest BCUT2D eigenvalue weighted by Gasteiger charge is 2.17. The van der Waals surface area contributed by atoms with Gasteiger partial charge in [-0.1, -0.05) is 60.7 Å². The highest BCUT2D eigenvalue weighted by atomic mass is 16.1. The van der Waals surface area contributed by atoms with Crippen molar-refractivity contribution in [2.24, 2.45) is 0 Å². The number of aromatic nitrogens is 2. The molecule has 0 atom stereocenters. The van der Waals surface area contributed by atoms with Crippen molar-refractivity contribution in [3.05, 3.63) is 89.6 Å². The zero-order valence-corrected chi connectivity index (χ0v) is 16.5. The van der Waals surface area contributed by atoms with Gasteiger partial charge in [0.25, 0.3) is 5.91 Å². The van der Waals surface area contributed by atoms with Gasteiger partial charge in [0.2, 0.25) is 0 Å². The Labute approximate surface area is 171 Å². The lowest BCUT2D eigenvalue weighted by Crippen LogP contribution is -2.27. The normalized spacial score (nSPS) is 13.6. The summed E-state index contributed by atoms with van der Waals surface area (Å²) >= 11 is 0. The molecule has 5 nitrogen and oxygen atoms in total. The minimum atomic E-state index is -0.176. The number of anilines is 1. The van der Waals surface area contributed by atoms with Crippen LogP contribution in [0.5, 0.6) is 0 Å². The van der Waals surface area contributed by atoms with Crippen LogP contribution in [0.1, 0.15) is 46.8 Å². The second kappa shape index (κ2) is 9.32. The topological polar surface area (TPSA) is 58.1 Å². The predicted molar refractivity (Wildman–Crippen MR) is 115 cm³/mol. The first-order valence-electron chi connectivity index (χ1n) is 10.3. The number of amides is 1. The Hall–Kier alpha value is -3.21. The van der Waals surface area contributed by atoms with Crippen LogP contribution < -0.4 is 10.2 Å². The number of hydrogen-bond donors (Lipinski definition) is 1. The molecule has 0 bridgehead atoms. The summed E-state index contributed by atoms with van der Waals surface area (Å²) in [6.07, 6.45) is 3.20. The third-order valence-electron chi connectivity index (χ3n) is 5.44. The van der Waals surface area contributed by atoms with Crippen LogP contribution in [0.15, 0.2) is 72.8 Å². The first kappa shape index (κ1) is 19.1. The Morgan fingerprint density at radius 1 is 0.862 bits per heavy atom. The molecule has 1 saturated heterocycles. The molecule has 0 saturated carbocycles. The second-order valence-corrected chi connectivity index (χ2v) is 7.39. The number of nitrogens with zero attached hydrogens (tertiary/aromatic N) is 3. The summed E-state index contributed by atoms with van der Waals surface area (Å²) < 4.78 is 0. The highest BCUT2D eigenvalue weighted by molar-refractivity contribution is 5.92. The van der Waals surface area contributed by atoms with Crippen LogP contribution in [-0.4, -0.2) is 35.7 Å². The summed E-state index contributed by atoms with van der Waals surface area (Å²) in [6.45, 7) is 2.60. The SMILES string of the molecule is O=C(NCCC(c1ccccc1)c1ccccc1)c1ccc(N2CCCC2)nn1. The molecule has 2 aromatic carbocycles. The molecular formula is C24H26N4O. The summed E-state index contributed by atoms with van der Waals surface area (Å²) in [7, 11) is 0. The van der Waals surface area contributed by atoms with Gasteiger partial charge in [0.15, 0.2) is 11.5 Å². The van der Waals surface area contributed by atoms with Crippen molar-refractivity contribution in [2.45, 2.75) is 25.2 Å². The maximum Gasteiger partial charge on any atom is 0.271 e. The number of hydrogen-bond acceptors (Lipinski definition) is 4. The van der Waals surface area contributed by atoms with Crippen molar-refractivity contribution in [2.75, 3.05) is 24.5 Å². The maximum atomic E-state index is 12.5. The maximum absolute atomic E-state index is 12.5. The van der Waals surface area contributed by atoms with E-state index in [1.165, 1.54) is 24.0 Å². The van der Waals surface area contributed by atoms with E-state index in [0.29, 0.717) is 12.2 Å². The average Bonchev–Trinajstić information content (AvgIpc) is 3.33. The number of benzene rings is 2. The largest absolute Gasteiger partial charge is 0.355 e. The number of carbonyl (C=O) groups excluding carboxylic acids is 1. The van der Waals surface area contributed by atoms with Gasteiger partial charge >= 0.3 is 0 Å². The lowest BCUT2D eigenvalue weighted by atomic mass is 9.88. The quantitative estimate of drug-likeness (QED) is 0.666. The van der Waals surface area contributed by atoms with E-state index in [-0.39, 0.29) is 11.8 Å². The van der Waals surface area contributed by atoms with Crippen LogP contribution in [0.25, 0.3) is 0 Å². The number of nitrogens with one attached hydrogen (secondary N) is 1. The zero-order chi connectivity index (χ0) is 19.9. The Kier molecular flexibility index (Phi) is 6.15. The van der Waals surface area contributed by atoms with Crippen LogP contribution in [0.2, 0.25) is 0 Å². The fourth-order valence-electron chi connectivity index (χ4n) is 3.88. The number of rotatable bonds is 7. The molecule has 0 radical (unpaired) electrons. The third-order valence-corrected chi connectivity index (χ3v) is 5.44. The van der Waals surface area contributed by atoms with E-state index in [1.807, 2.05) is 18.2 Å². The Balaban J connectivity index is 1.37. The monoisotopic (exact) mass is 386 g/mol. The van der Waals surface area contributed by atoms with Gasteiger partial charge in [-0.15, -0.1) is 10.2 Å². The minimum Gasteiger partial charge on any atom is -0.355 e. The lowest BCUT2D eigenvalue weighted by Gasteiger charge is -2.18. The van der Waals surface area contributed by atoms with E-state index >= 15 is 0 Å². The molecule has 1 aliphatic rings. The van der Waals surface area contributed by atoms with Gasteiger partial charge in [0, 0.05) is 25.6 Å². The molecule has 3 aromatic rings. The van der Waals surface area contributed by atoms with Crippen molar-refractivity contribution in [3.8, 4) is 0 Å². The first-order valence-corrected chi connectivity index (χ1v) is 10.3. The van der Waals surface area contributed by atoms with E-state index in [4.69, 9.17) is 0 Å². The molecule has 0 aliphatic carbocycles. The molecule has 0 spiro atoms. The predicted octanol–water partition coefficient (Wildman–Crippen LogP) is 4.03. The molecule has 1 fully saturated rings. The van der Waals surface area contributed by atoms with Crippen molar-refractivity contribution < 1.29 is 4.79 Å². The van der Waals surface area contributed by atoms with E-state index in [1.54, 1.807) is 6.07 Å². The summed E-state index contributed by atoms with van der Waals surface area (Å²) in [6, 6.07) is 24.5. The van der Waals surface area contributed by atoms with Gasteiger partial charge in [-0.05, 0) is 42.5 Å². The van der Waals surface area contributed by atoms with Crippen LogP contribution in [0, 0.1) is 0 Å². The van der Waals surface area contributed by atoms with Gasteiger partial charge in [-0.2, -0.15) is 0 Å². The molecule has 1 aromatic heterocycles. The molecule has 4 rings (SSSR count). The Morgan fingerprint density at radius 3 is 2.03 bits per heavy atom. The van der Waals surface area contributed by atoms with Gasteiger partial charge in [0.1, 0.15) is 0 Å². The molecule has 1 N–H and O–H groups in total. The highest BCUT2D eigenvalue weighted by Crippen LogP contribution is 2.27. The van der Waals surface area contributed by atoms with Gasteiger partial charge in [0.05, 0.1) is 0 Å². The zero-order valence-electron chi connectivity index (χ0n) is 16.5. The Bertz CT molecular complexity index is 867. The molecule has 1 amide bonds. The van der Waals surface area contributed by atoms with Crippen LogP contribution >= 0.6 is 0 Å². The fourth-order valence-corrected chi connectivity index (χ4v) is 3.88. The molecule has 29 heavy (non-hydrogen) atoms. The fraction of sp³-hybridized carbons (Fsp3) is 0.292. The summed E-state index contributed by atoms with van der Waals surface area (Å²) in [5.41, 5.74) is 2.87. The second-order valence-electron chi connectivity index (χ2n) is 7.39. The minimum absolute atomic E-state index is 0.176. The van der Waals surface area contributed by atoms with Gasteiger partial charge in [-0.3, -0.25) is 4.79 Å². The van der Waals surface area contributed by atoms with Crippen LogP contribution in [-0.2, 0) is 0 Å². The smallest absolute Gasteiger partial charge is 0.271 e. The van der Waals surface area contributed by atoms with Crippen LogP contribution in [0.3, 0.4) is 0 Å². The standard InChI is InChI=1S/C24H26N4O/c29-24(22-13-14-23(27-26-22)28-17-7-8-18-28)25-16-15-21(19-9-3-1-4-10-19)20-11-5-2-6-12-20/h1-6,9-14,21H,7-8,15-18H2,(H,25,29). The Morgan fingerprint density at radius 2 is 1.48 bits per heavy atom. The molecule has 2 heterocycles. The van der Waals surface area contributed by atoms with E-state index in [9.17, 15) is 4.79 Å². The molecule has 5 heteroatoms. The third kappa shape index (κ3) is 4.80. The van der Waals surface area contributed by atoms with E-state index < -0.39 is 0 Å². The van der Waals surface area contributed by atoms with Crippen molar-refractivity contribution in [3.63, 3.8) is 0 Å². The molecule has 148 valence electrons. The van der Waals surface area contributed by atoms with Gasteiger partial charge < -0.3 is 10.2 Å². The molecular weight excluding hydrogens is 360 g/mol. The lowest BCUT2D eigenvalue weighted by molar-refractivity contribution is 0.0947. The van der Waals surface area contributed by atoms with E-state index in [0.717, 1.165) is 25.3 Å². The number of carbonyl (C=O) groups is 1. The van der Waals surface area contributed by atoms with E-state index in [2.05, 4.69) is 68.9 Å². The van der Waals surface area contributed by atoms with Crippen molar-refractivity contribution >= 4 is 11.7 Å². The molecule has 0 unspecified atom stereocenters. The van der Waals surface area contributed by atoms with Gasteiger partial charge in [-0.25, -0.2) is 0 Å². The summed E-state index contributed by atoms with van der Waals surface area (Å²) in [4.78, 5) is 14.7. The summed E-state index contributed by atoms with van der Waals surface area (Å²) in [5.74, 6) is 0.916. The summed E-state index contributed by atoms with van der Waals surface area (Å²) in [5, 5.41) is 11.4. The van der Waals surface area contributed by atoms with Crippen molar-refractivity contribution in [1.29, 1.82) is 0 Å². The van der Waals surface area contributed by atoms with Crippen molar-refractivity contribution in [1.82, 2.24) is 15.5 Å². The average molecular weight is 386 g/mol.